The molecule has 0 radical (unpaired) electrons. The van der Waals surface area contributed by atoms with E-state index < -0.39 is 0 Å². The summed E-state index contributed by atoms with van der Waals surface area (Å²) >= 11 is 11.3. The molecule has 1 aliphatic rings. The molecule has 1 aromatic rings. The fourth-order valence-electron chi connectivity index (χ4n) is 2.24. The molecule has 0 saturated carbocycles. The third-order valence-electron chi connectivity index (χ3n) is 3.31. The van der Waals surface area contributed by atoms with E-state index in [1.165, 1.54) is 19.3 Å². The van der Waals surface area contributed by atoms with Crippen LogP contribution in [0.2, 0.25) is 5.02 Å². The van der Waals surface area contributed by atoms with Crippen molar-refractivity contribution in [1.29, 1.82) is 0 Å². The Morgan fingerprint density at radius 1 is 1.26 bits per heavy atom. The van der Waals surface area contributed by atoms with Crippen LogP contribution in [0.15, 0.2) is 24.3 Å². The fraction of sp³-hybridized carbons (Fsp3) is 0.500. The minimum atomic E-state index is -0.161. The number of rotatable bonds is 5. The highest BCUT2D eigenvalue weighted by Crippen LogP contribution is 2.24. The van der Waals surface area contributed by atoms with E-state index in [1.54, 1.807) is 0 Å². The molecular weight excluding hydrogens is 278 g/mol. The lowest BCUT2D eigenvalue weighted by Crippen LogP contribution is -2.48. The average molecular weight is 298 g/mol. The van der Waals surface area contributed by atoms with Crippen molar-refractivity contribution in [3.05, 3.63) is 29.3 Å². The number of anilines is 1. The zero-order valence-corrected chi connectivity index (χ0v) is 12.9. The molecule has 0 unspecified atom stereocenters. The van der Waals surface area contributed by atoms with Gasteiger partial charge in [0.15, 0.2) is 5.11 Å². The summed E-state index contributed by atoms with van der Waals surface area (Å²) in [7, 11) is 0. The van der Waals surface area contributed by atoms with Gasteiger partial charge < -0.3 is 5.32 Å². The number of benzene rings is 1. The lowest BCUT2D eigenvalue weighted by atomic mass is 10.1. The van der Waals surface area contributed by atoms with Crippen molar-refractivity contribution in [3.63, 3.8) is 0 Å². The Labute approximate surface area is 125 Å². The molecule has 0 spiro atoms. The second-order valence-electron chi connectivity index (χ2n) is 5.14. The van der Waals surface area contributed by atoms with Gasteiger partial charge in [0.1, 0.15) is 5.66 Å². The standard InChI is InChI=1S/C14H20ClN3S/c1-3-4-5-10-14(2)16-13(19)18(17-14)12-8-6-11(15)7-9-12/h6-9,17H,3-5,10H2,1-2H3,(H,16,19)/t14-/m0/s1. The van der Waals surface area contributed by atoms with E-state index in [0.717, 1.165) is 17.1 Å². The first-order valence-corrected chi connectivity index (χ1v) is 7.48. The van der Waals surface area contributed by atoms with Crippen molar-refractivity contribution in [2.75, 3.05) is 5.01 Å². The highest BCUT2D eigenvalue weighted by molar-refractivity contribution is 7.80. The third-order valence-corrected chi connectivity index (χ3v) is 3.85. The van der Waals surface area contributed by atoms with E-state index in [-0.39, 0.29) is 5.66 Å². The van der Waals surface area contributed by atoms with Gasteiger partial charge in [-0.1, -0.05) is 31.4 Å². The van der Waals surface area contributed by atoms with Gasteiger partial charge in [-0.3, -0.25) is 5.01 Å². The van der Waals surface area contributed by atoms with E-state index in [0.29, 0.717) is 5.11 Å². The Kier molecular flexibility index (Phi) is 4.66. The van der Waals surface area contributed by atoms with Crippen LogP contribution < -0.4 is 15.8 Å². The lowest BCUT2D eigenvalue weighted by Gasteiger charge is -2.25. The van der Waals surface area contributed by atoms with Gasteiger partial charge in [-0.25, -0.2) is 5.43 Å². The van der Waals surface area contributed by atoms with Gasteiger partial charge in [0.25, 0.3) is 0 Å². The Bertz CT molecular complexity index is 449. The molecule has 1 saturated heterocycles. The molecule has 0 bridgehead atoms. The maximum Gasteiger partial charge on any atom is 0.189 e. The summed E-state index contributed by atoms with van der Waals surface area (Å²) < 4.78 is 0. The van der Waals surface area contributed by atoms with Crippen molar-refractivity contribution in [2.45, 2.75) is 45.2 Å². The van der Waals surface area contributed by atoms with Gasteiger partial charge in [-0.2, -0.15) is 0 Å². The zero-order chi connectivity index (χ0) is 13.9. The Morgan fingerprint density at radius 2 is 1.95 bits per heavy atom. The van der Waals surface area contributed by atoms with Gasteiger partial charge in [0.05, 0.1) is 5.69 Å². The number of thiocarbonyl (C=S) groups is 1. The van der Waals surface area contributed by atoms with Crippen LogP contribution in [-0.4, -0.2) is 10.8 Å². The summed E-state index contributed by atoms with van der Waals surface area (Å²) in [5.41, 5.74) is 4.29. The topological polar surface area (TPSA) is 27.3 Å². The van der Waals surface area contributed by atoms with Crippen molar-refractivity contribution in [3.8, 4) is 0 Å². The number of halogens is 1. The minimum absolute atomic E-state index is 0.161. The van der Waals surface area contributed by atoms with Gasteiger partial charge >= 0.3 is 0 Å². The van der Waals surface area contributed by atoms with Crippen molar-refractivity contribution >= 4 is 34.6 Å². The summed E-state index contributed by atoms with van der Waals surface area (Å²) in [6.07, 6.45) is 4.70. The molecule has 2 N–H and O–H groups in total. The van der Waals surface area contributed by atoms with Gasteiger partial charge in [0, 0.05) is 5.02 Å². The quantitative estimate of drug-likeness (QED) is 0.638. The van der Waals surface area contributed by atoms with E-state index in [4.69, 9.17) is 23.8 Å². The predicted molar refractivity (Wildman–Crippen MR) is 85.3 cm³/mol. The number of nitrogens with one attached hydrogen (secondary N) is 2. The highest BCUT2D eigenvalue weighted by atomic mass is 35.5. The third kappa shape index (κ3) is 3.59. The molecular formula is C14H20ClN3S. The molecule has 19 heavy (non-hydrogen) atoms. The molecule has 1 heterocycles. The first-order chi connectivity index (χ1) is 9.04. The second-order valence-corrected chi connectivity index (χ2v) is 5.97. The monoisotopic (exact) mass is 297 g/mol. The van der Waals surface area contributed by atoms with Crippen LogP contribution in [0.3, 0.4) is 0 Å². The summed E-state index contributed by atoms with van der Waals surface area (Å²) in [5, 5.41) is 6.72. The van der Waals surface area contributed by atoms with Gasteiger partial charge in [0.2, 0.25) is 0 Å². The number of unbranched alkanes of at least 4 members (excludes halogenated alkanes) is 2. The van der Waals surface area contributed by atoms with Crippen molar-refractivity contribution in [2.24, 2.45) is 0 Å². The molecule has 104 valence electrons. The Hall–Kier alpha value is -0.840. The van der Waals surface area contributed by atoms with Crippen molar-refractivity contribution in [1.82, 2.24) is 10.7 Å². The highest BCUT2D eigenvalue weighted by Gasteiger charge is 2.35. The zero-order valence-electron chi connectivity index (χ0n) is 11.4. The van der Waals surface area contributed by atoms with Crippen LogP contribution in [0.5, 0.6) is 0 Å². The first kappa shape index (κ1) is 14.6. The van der Waals surface area contributed by atoms with Crippen LogP contribution in [0.1, 0.15) is 39.5 Å². The SMILES string of the molecule is CCCCC[C@@]1(C)NC(=S)N(c2ccc(Cl)cc2)N1. The normalized spacial score (nSPS) is 22.7. The van der Waals surface area contributed by atoms with E-state index in [2.05, 4.69) is 24.6 Å². The van der Waals surface area contributed by atoms with Gasteiger partial charge in [-0.15, -0.1) is 0 Å². The number of hydrogen-bond acceptors (Lipinski definition) is 2. The van der Waals surface area contributed by atoms with E-state index in [9.17, 15) is 0 Å². The van der Waals surface area contributed by atoms with E-state index >= 15 is 0 Å². The maximum atomic E-state index is 5.91. The molecule has 0 amide bonds. The number of nitrogens with zero attached hydrogens (tertiary/aromatic N) is 1. The summed E-state index contributed by atoms with van der Waals surface area (Å²) in [4.78, 5) is 0. The molecule has 1 aliphatic heterocycles. The summed E-state index contributed by atoms with van der Waals surface area (Å²) in [6.45, 7) is 4.35. The number of hydrazine groups is 1. The molecule has 2 rings (SSSR count). The summed E-state index contributed by atoms with van der Waals surface area (Å²) in [6, 6.07) is 7.66. The van der Waals surface area contributed by atoms with Crippen molar-refractivity contribution < 1.29 is 0 Å². The lowest BCUT2D eigenvalue weighted by molar-refractivity contribution is 0.334. The maximum absolute atomic E-state index is 5.91. The van der Waals surface area contributed by atoms with Crippen LogP contribution >= 0.6 is 23.8 Å². The predicted octanol–water partition coefficient (Wildman–Crippen LogP) is 3.84. The minimum Gasteiger partial charge on any atom is -0.342 e. The first-order valence-electron chi connectivity index (χ1n) is 6.70. The van der Waals surface area contributed by atoms with Crippen LogP contribution in [0.25, 0.3) is 0 Å². The molecule has 1 fully saturated rings. The molecule has 5 heteroatoms. The number of hydrogen-bond donors (Lipinski definition) is 2. The smallest absolute Gasteiger partial charge is 0.189 e. The molecule has 3 nitrogen and oxygen atoms in total. The second kappa shape index (κ2) is 6.07. The van der Waals surface area contributed by atoms with Gasteiger partial charge in [-0.05, 0) is 56.2 Å². The van der Waals surface area contributed by atoms with Crippen LogP contribution in [-0.2, 0) is 0 Å². The largest absolute Gasteiger partial charge is 0.342 e. The molecule has 0 aromatic heterocycles. The van der Waals surface area contributed by atoms with E-state index in [1.807, 2.05) is 29.3 Å². The Balaban J connectivity index is 2.04. The molecule has 1 aromatic carbocycles. The Morgan fingerprint density at radius 3 is 2.58 bits per heavy atom. The summed E-state index contributed by atoms with van der Waals surface area (Å²) in [5.74, 6) is 0. The fourth-order valence-corrected chi connectivity index (χ4v) is 2.74. The molecule has 0 aliphatic carbocycles. The van der Waals surface area contributed by atoms with Crippen LogP contribution in [0, 0.1) is 0 Å². The van der Waals surface area contributed by atoms with Crippen LogP contribution in [0.4, 0.5) is 5.69 Å². The average Bonchev–Trinajstić information content (AvgIpc) is 2.67. The molecule has 1 atom stereocenters.